The van der Waals surface area contributed by atoms with Gasteiger partial charge in [-0.05, 0) is 31.5 Å². The smallest absolute Gasteiger partial charge is 0.387 e. The molecule has 124 valence electrons. The van der Waals surface area contributed by atoms with Crippen molar-refractivity contribution in [1.29, 1.82) is 0 Å². The Hall–Kier alpha value is -1.89. The van der Waals surface area contributed by atoms with Crippen LogP contribution < -0.4 is 20.5 Å². The first kappa shape index (κ1) is 18.2. The number of carbonyl (C=O) groups is 1. The molecular weight excluding hydrogens is 294 g/mol. The predicted octanol–water partition coefficient (Wildman–Crippen LogP) is 2.29. The second-order valence-electron chi connectivity index (χ2n) is 4.96. The number of carbonyl (C=O) groups excluding carboxylic acids is 1. The van der Waals surface area contributed by atoms with Gasteiger partial charge in [0.2, 0.25) is 5.91 Å². The third-order valence-corrected chi connectivity index (χ3v) is 3.19. The minimum atomic E-state index is -2.92. The molecule has 0 aliphatic rings. The number of hydrogen-bond acceptors (Lipinski definition) is 4. The maximum Gasteiger partial charge on any atom is 0.387 e. The third kappa shape index (κ3) is 5.48. The number of hydrogen-bond donors (Lipinski definition) is 2. The van der Waals surface area contributed by atoms with Crippen molar-refractivity contribution in [3.8, 4) is 11.5 Å². The first-order valence-electron chi connectivity index (χ1n) is 7.09. The monoisotopic (exact) mass is 316 g/mol. The summed E-state index contributed by atoms with van der Waals surface area (Å²) in [6.07, 6.45) is 0. The zero-order valence-corrected chi connectivity index (χ0v) is 12.9. The molecule has 0 spiro atoms. The first-order chi connectivity index (χ1) is 10.3. The van der Waals surface area contributed by atoms with E-state index in [0.717, 1.165) is 5.56 Å². The van der Waals surface area contributed by atoms with E-state index in [1.165, 1.54) is 6.07 Å². The average Bonchev–Trinajstić information content (AvgIpc) is 2.46. The molecule has 0 saturated carbocycles. The van der Waals surface area contributed by atoms with Crippen LogP contribution in [-0.2, 0) is 11.3 Å². The van der Waals surface area contributed by atoms with Crippen LogP contribution in [0.2, 0.25) is 0 Å². The first-order valence-corrected chi connectivity index (χ1v) is 7.09. The molecule has 5 nitrogen and oxygen atoms in total. The van der Waals surface area contributed by atoms with E-state index in [1.807, 2.05) is 0 Å². The minimum absolute atomic E-state index is 0.0316. The summed E-state index contributed by atoms with van der Waals surface area (Å²) in [5.74, 6) is -0.292. The number of nitrogens with two attached hydrogens (primary N) is 1. The average molecular weight is 316 g/mol. The zero-order chi connectivity index (χ0) is 16.7. The van der Waals surface area contributed by atoms with Crippen LogP contribution in [0.5, 0.6) is 11.5 Å². The van der Waals surface area contributed by atoms with Gasteiger partial charge in [0.15, 0.2) is 11.5 Å². The summed E-state index contributed by atoms with van der Waals surface area (Å²) in [5, 5.41) is 2.75. The number of halogens is 2. The van der Waals surface area contributed by atoms with E-state index >= 15 is 0 Å². The second-order valence-corrected chi connectivity index (χ2v) is 4.96. The fourth-order valence-electron chi connectivity index (χ4n) is 1.71. The number of rotatable bonds is 8. The third-order valence-electron chi connectivity index (χ3n) is 3.19. The van der Waals surface area contributed by atoms with Crippen LogP contribution in [0.15, 0.2) is 18.2 Å². The van der Waals surface area contributed by atoms with Crippen molar-refractivity contribution in [2.24, 2.45) is 11.7 Å². The summed E-state index contributed by atoms with van der Waals surface area (Å²) in [7, 11) is 0. The molecule has 2 atom stereocenters. The van der Waals surface area contributed by atoms with Gasteiger partial charge < -0.3 is 20.5 Å². The molecular formula is C15H22F2N2O3. The topological polar surface area (TPSA) is 73.6 Å². The number of nitrogens with one attached hydrogen (secondary N) is 1. The van der Waals surface area contributed by atoms with Gasteiger partial charge in [-0.15, -0.1) is 0 Å². The van der Waals surface area contributed by atoms with Crippen LogP contribution in [0, 0.1) is 5.92 Å². The summed E-state index contributed by atoms with van der Waals surface area (Å²) in [4.78, 5) is 11.8. The summed E-state index contributed by atoms with van der Waals surface area (Å²) < 4.78 is 34.3. The highest BCUT2D eigenvalue weighted by molar-refractivity contribution is 5.78. The van der Waals surface area contributed by atoms with Crippen LogP contribution in [0.25, 0.3) is 0 Å². The lowest BCUT2D eigenvalue weighted by molar-refractivity contribution is -0.125. The van der Waals surface area contributed by atoms with Crippen LogP contribution in [0.4, 0.5) is 8.78 Å². The molecule has 3 N–H and O–H groups in total. The Morgan fingerprint density at radius 1 is 1.32 bits per heavy atom. The normalized spacial score (nSPS) is 13.6. The van der Waals surface area contributed by atoms with Crippen LogP contribution >= 0.6 is 0 Å². The van der Waals surface area contributed by atoms with E-state index in [1.54, 1.807) is 32.9 Å². The Morgan fingerprint density at radius 3 is 2.55 bits per heavy atom. The van der Waals surface area contributed by atoms with Gasteiger partial charge >= 0.3 is 6.61 Å². The Labute approximate surface area is 128 Å². The molecule has 1 aromatic rings. The van der Waals surface area contributed by atoms with Gasteiger partial charge in [-0.3, -0.25) is 4.79 Å². The van der Waals surface area contributed by atoms with Crippen molar-refractivity contribution in [3.63, 3.8) is 0 Å². The molecule has 0 heterocycles. The Kier molecular flexibility index (Phi) is 7.04. The van der Waals surface area contributed by atoms with E-state index in [-0.39, 0.29) is 35.9 Å². The predicted molar refractivity (Wildman–Crippen MR) is 78.9 cm³/mol. The quantitative estimate of drug-likeness (QED) is 0.772. The molecule has 7 heteroatoms. The lowest BCUT2D eigenvalue weighted by atomic mass is 10.0. The zero-order valence-electron chi connectivity index (χ0n) is 12.9. The van der Waals surface area contributed by atoms with Gasteiger partial charge in [0.25, 0.3) is 0 Å². The van der Waals surface area contributed by atoms with Crippen LogP contribution in [-0.4, -0.2) is 25.2 Å². The number of benzene rings is 1. The van der Waals surface area contributed by atoms with Crippen LogP contribution in [0.3, 0.4) is 0 Å². The highest BCUT2D eigenvalue weighted by atomic mass is 19.3. The molecule has 22 heavy (non-hydrogen) atoms. The van der Waals surface area contributed by atoms with Crippen molar-refractivity contribution in [2.75, 3.05) is 6.61 Å². The number of amides is 1. The standard InChI is InChI=1S/C15H22F2N2O3/c1-4-21-13-7-11(5-6-12(13)22-15(16)17)8-19-14(20)9(2)10(3)18/h5-7,9-10,15H,4,8,18H2,1-3H3,(H,19,20). The van der Waals surface area contributed by atoms with Crippen molar-refractivity contribution >= 4 is 5.91 Å². The molecule has 0 radical (unpaired) electrons. The van der Waals surface area contributed by atoms with E-state index in [4.69, 9.17) is 10.5 Å². The highest BCUT2D eigenvalue weighted by Crippen LogP contribution is 2.29. The van der Waals surface area contributed by atoms with Crippen molar-refractivity contribution in [3.05, 3.63) is 23.8 Å². The minimum Gasteiger partial charge on any atom is -0.490 e. The van der Waals surface area contributed by atoms with Gasteiger partial charge in [0.05, 0.1) is 6.61 Å². The van der Waals surface area contributed by atoms with Gasteiger partial charge in [-0.1, -0.05) is 13.0 Å². The van der Waals surface area contributed by atoms with Crippen molar-refractivity contribution in [2.45, 2.75) is 40.0 Å². The maximum absolute atomic E-state index is 12.3. The fraction of sp³-hybridized carbons (Fsp3) is 0.533. The van der Waals surface area contributed by atoms with Crippen LogP contribution in [0.1, 0.15) is 26.3 Å². The molecule has 1 amide bonds. The van der Waals surface area contributed by atoms with Gasteiger partial charge in [0, 0.05) is 18.5 Å². The molecule has 2 unspecified atom stereocenters. The van der Waals surface area contributed by atoms with Crippen molar-refractivity contribution in [1.82, 2.24) is 5.32 Å². The molecule has 0 aromatic heterocycles. The Bertz CT molecular complexity index is 496. The van der Waals surface area contributed by atoms with Crippen molar-refractivity contribution < 1.29 is 23.0 Å². The largest absolute Gasteiger partial charge is 0.490 e. The molecule has 0 saturated heterocycles. The van der Waals surface area contributed by atoms with Gasteiger partial charge in [-0.2, -0.15) is 8.78 Å². The molecule has 0 bridgehead atoms. The lowest BCUT2D eigenvalue weighted by Crippen LogP contribution is -2.38. The summed E-state index contributed by atoms with van der Waals surface area (Å²) >= 11 is 0. The van der Waals surface area contributed by atoms with E-state index < -0.39 is 6.61 Å². The maximum atomic E-state index is 12.3. The molecule has 1 aromatic carbocycles. The second kappa shape index (κ2) is 8.53. The summed E-state index contributed by atoms with van der Waals surface area (Å²) in [5.41, 5.74) is 6.39. The molecule has 0 aliphatic carbocycles. The highest BCUT2D eigenvalue weighted by Gasteiger charge is 2.17. The molecule has 0 fully saturated rings. The molecule has 1 rings (SSSR count). The number of alkyl halides is 2. The Balaban J connectivity index is 2.75. The number of ether oxygens (including phenoxy) is 2. The SMILES string of the molecule is CCOc1cc(CNC(=O)C(C)C(C)N)ccc1OC(F)F. The summed E-state index contributed by atoms with van der Waals surface area (Å²) in [6.45, 7) is 2.89. The molecule has 0 aliphatic heterocycles. The van der Waals surface area contributed by atoms with E-state index in [9.17, 15) is 13.6 Å². The van der Waals surface area contributed by atoms with E-state index in [2.05, 4.69) is 10.1 Å². The Morgan fingerprint density at radius 2 is 2.00 bits per heavy atom. The van der Waals surface area contributed by atoms with Gasteiger partial charge in [-0.25, -0.2) is 0 Å². The summed E-state index contributed by atoms with van der Waals surface area (Å²) in [6, 6.07) is 4.31. The van der Waals surface area contributed by atoms with Gasteiger partial charge in [0.1, 0.15) is 0 Å². The lowest BCUT2D eigenvalue weighted by Gasteiger charge is -2.16. The van der Waals surface area contributed by atoms with E-state index in [0.29, 0.717) is 6.61 Å². The fourth-order valence-corrected chi connectivity index (χ4v) is 1.71.